The molecule has 35 heavy (non-hydrogen) atoms. The summed E-state index contributed by atoms with van der Waals surface area (Å²) in [5.41, 5.74) is 15.8. The Hall–Kier alpha value is -3.14. The lowest BCUT2D eigenvalue weighted by Crippen LogP contribution is -2.26. The molecule has 0 unspecified atom stereocenters. The van der Waals surface area contributed by atoms with E-state index in [1.54, 1.807) is 0 Å². The molecule has 0 amide bonds. The van der Waals surface area contributed by atoms with E-state index >= 15 is 0 Å². The van der Waals surface area contributed by atoms with Crippen molar-refractivity contribution in [3.05, 3.63) is 48.5 Å². The number of ether oxygens (including phenoxy) is 1. The number of nitrogens with zero attached hydrogens (tertiary/aromatic N) is 2. The first-order valence-electron chi connectivity index (χ1n) is 9.79. The lowest BCUT2D eigenvalue weighted by Gasteiger charge is -2.09. The van der Waals surface area contributed by atoms with Gasteiger partial charge in [0, 0.05) is 0 Å². The van der Waals surface area contributed by atoms with Crippen molar-refractivity contribution in [2.75, 3.05) is 11.5 Å². The van der Waals surface area contributed by atoms with Gasteiger partial charge in [-0.15, -0.1) is 0 Å². The predicted octanol–water partition coefficient (Wildman–Crippen LogP) is 1.44. The highest BCUT2D eigenvalue weighted by atomic mass is 32.2. The van der Waals surface area contributed by atoms with E-state index in [2.05, 4.69) is 45.5 Å². The summed E-state index contributed by atoms with van der Waals surface area (Å²) in [6.45, 7) is 3.06. The number of nitrogens with two attached hydrogens (primary N) is 2. The van der Waals surface area contributed by atoms with Crippen LogP contribution in [0, 0.1) is 0 Å². The van der Waals surface area contributed by atoms with Crippen molar-refractivity contribution in [2.24, 2.45) is 21.7 Å². The molecule has 0 bridgehead atoms. The second-order valence-corrected chi connectivity index (χ2v) is 12.1. The SMILES string of the molecule is C/C(CS(=O)(=O)c1ccc(Oc2ccc(S(=O)(=O)C/C(C)=N/NC(N)=S)cc2)cc1)=N\NC(N)=S. The summed E-state index contributed by atoms with van der Waals surface area (Å²) >= 11 is 9.25. The number of rotatable bonds is 10. The zero-order valence-corrected chi connectivity index (χ0v) is 22.0. The normalized spacial score (nSPS) is 12.6. The van der Waals surface area contributed by atoms with Crippen LogP contribution in [0.3, 0.4) is 0 Å². The van der Waals surface area contributed by atoms with Crippen molar-refractivity contribution < 1.29 is 21.6 Å². The van der Waals surface area contributed by atoms with Crippen LogP contribution in [0.25, 0.3) is 0 Å². The van der Waals surface area contributed by atoms with Gasteiger partial charge in [-0.3, -0.25) is 10.9 Å². The molecule has 0 aliphatic heterocycles. The molecule has 0 saturated carbocycles. The Labute approximate surface area is 214 Å². The van der Waals surface area contributed by atoms with Crippen molar-refractivity contribution in [3.8, 4) is 11.5 Å². The van der Waals surface area contributed by atoms with E-state index in [1.807, 2.05) is 0 Å². The van der Waals surface area contributed by atoms with Gasteiger partial charge in [0.25, 0.3) is 0 Å². The second-order valence-electron chi connectivity index (χ2n) is 7.21. The first kappa shape index (κ1) is 28.1. The standard InChI is InChI=1S/C20H24N6O5S4/c1-13(23-25-19(21)32)11-34(27,28)17-7-3-15(4-8-17)31-16-5-9-18(10-6-16)35(29,30)12-14(2)24-26-20(22)33/h3-10H,11-12H2,1-2H3,(H3,21,25,32)(H3,22,26,33)/b23-13+,24-14+. The summed E-state index contributed by atoms with van der Waals surface area (Å²) in [7, 11) is -7.29. The zero-order valence-electron chi connectivity index (χ0n) is 18.8. The Morgan fingerprint density at radius 1 is 0.743 bits per heavy atom. The maximum absolute atomic E-state index is 12.5. The summed E-state index contributed by atoms with van der Waals surface area (Å²) in [4.78, 5) is 0.163. The van der Waals surface area contributed by atoms with E-state index in [0.717, 1.165) is 0 Å². The number of benzene rings is 2. The molecule has 188 valence electrons. The molecule has 0 heterocycles. The summed E-state index contributed by atoms with van der Waals surface area (Å²) in [5.74, 6) is 0.0919. The van der Waals surface area contributed by atoms with Crippen LogP contribution in [0.15, 0.2) is 68.5 Å². The van der Waals surface area contributed by atoms with E-state index < -0.39 is 19.7 Å². The van der Waals surface area contributed by atoms with Crippen molar-refractivity contribution in [2.45, 2.75) is 23.6 Å². The predicted molar refractivity (Wildman–Crippen MR) is 143 cm³/mol. The maximum Gasteiger partial charge on any atom is 0.184 e. The van der Waals surface area contributed by atoms with Crippen molar-refractivity contribution in [1.82, 2.24) is 10.9 Å². The minimum Gasteiger partial charge on any atom is -0.457 e. The fourth-order valence-electron chi connectivity index (χ4n) is 2.65. The fourth-order valence-corrected chi connectivity index (χ4v) is 5.40. The van der Waals surface area contributed by atoms with Gasteiger partial charge in [0.1, 0.15) is 11.5 Å². The van der Waals surface area contributed by atoms with Gasteiger partial charge in [-0.2, -0.15) is 10.2 Å². The van der Waals surface area contributed by atoms with Gasteiger partial charge in [0.15, 0.2) is 29.9 Å². The van der Waals surface area contributed by atoms with Gasteiger partial charge in [-0.25, -0.2) is 16.8 Å². The molecule has 11 nitrogen and oxygen atoms in total. The topological polar surface area (TPSA) is 178 Å². The molecule has 6 N–H and O–H groups in total. The van der Waals surface area contributed by atoms with E-state index in [0.29, 0.717) is 11.5 Å². The molecule has 0 fully saturated rings. The van der Waals surface area contributed by atoms with E-state index in [9.17, 15) is 16.8 Å². The largest absolute Gasteiger partial charge is 0.457 e. The molecule has 0 spiro atoms. The molecule has 0 saturated heterocycles. The molecule has 0 aliphatic carbocycles. The number of thiocarbonyl (C=S) groups is 2. The van der Waals surface area contributed by atoms with Gasteiger partial charge < -0.3 is 16.2 Å². The molecule has 0 aromatic heterocycles. The molecule has 15 heteroatoms. The lowest BCUT2D eigenvalue weighted by atomic mass is 10.3. The highest BCUT2D eigenvalue weighted by molar-refractivity contribution is 7.92. The number of hydrogen-bond acceptors (Lipinski definition) is 9. The van der Waals surface area contributed by atoms with Crippen molar-refractivity contribution in [1.29, 1.82) is 0 Å². The third kappa shape index (κ3) is 9.20. The molecule has 2 aromatic rings. The van der Waals surface area contributed by atoms with Crippen LogP contribution in [-0.2, 0) is 19.7 Å². The number of nitrogens with one attached hydrogen (secondary N) is 2. The summed E-state index contributed by atoms with van der Waals surface area (Å²) in [5, 5.41) is 7.46. The third-order valence-corrected chi connectivity index (χ3v) is 7.87. The van der Waals surface area contributed by atoms with Crippen LogP contribution in [0.5, 0.6) is 11.5 Å². The zero-order chi connectivity index (χ0) is 26.2. The van der Waals surface area contributed by atoms with Crippen LogP contribution < -0.4 is 27.1 Å². The van der Waals surface area contributed by atoms with Crippen molar-refractivity contribution >= 4 is 65.8 Å². The minimum atomic E-state index is -3.64. The monoisotopic (exact) mass is 556 g/mol. The lowest BCUT2D eigenvalue weighted by molar-refractivity contribution is 0.481. The summed E-state index contributed by atoms with van der Waals surface area (Å²) in [6, 6.07) is 11.6. The molecule has 2 aromatic carbocycles. The average Bonchev–Trinajstić information content (AvgIpc) is 2.76. The Morgan fingerprint density at radius 3 is 1.34 bits per heavy atom. The fraction of sp³-hybridized carbons (Fsp3) is 0.200. The first-order chi connectivity index (χ1) is 16.3. The van der Waals surface area contributed by atoms with E-state index in [4.69, 9.17) is 16.2 Å². The van der Waals surface area contributed by atoms with Crippen LogP contribution >= 0.6 is 24.4 Å². The highest BCUT2D eigenvalue weighted by Gasteiger charge is 2.18. The molecule has 2 rings (SSSR count). The highest BCUT2D eigenvalue weighted by Crippen LogP contribution is 2.25. The van der Waals surface area contributed by atoms with Crippen LogP contribution in [0.4, 0.5) is 0 Å². The van der Waals surface area contributed by atoms with Crippen LogP contribution in [0.1, 0.15) is 13.8 Å². The Morgan fingerprint density at radius 2 is 1.06 bits per heavy atom. The van der Waals surface area contributed by atoms with Gasteiger partial charge in [0.2, 0.25) is 0 Å². The summed E-state index contributed by atoms with van der Waals surface area (Å²) < 4.78 is 55.9. The van der Waals surface area contributed by atoms with Crippen LogP contribution in [0.2, 0.25) is 0 Å². The van der Waals surface area contributed by atoms with Gasteiger partial charge in [0.05, 0.1) is 32.7 Å². The number of sulfone groups is 2. The smallest absolute Gasteiger partial charge is 0.184 e. The molecule has 0 radical (unpaired) electrons. The Bertz CT molecular complexity index is 1250. The molecular weight excluding hydrogens is 533 g/mol. The Kier molecular flexibility index (Phi) is 9.64. The van der Waals surface area contributed by atoms with Gasteiger partial charge >= 0.3 is 0 Å². The maximum atomic E-state index is 12.5. The van der Waals surface area contributed by atoms with E-state index in [1.165, 1.54) is 62.4 Å². The second kappa shape index (κ2) is 12.0. The average molecular weight is 557 g/mol. The Balaban J connectivity index is 2.07. The van der Waals surface area contributed by atoms with E-state index in [-0.39, 0.29) is 42.9 Å². The van der Waals surface area contributed by atoms with Gasteiger partial charge in [-0.1, -0.05) is 0 Å². The van der Waals surface area contributed by atoms with Crippen LogP contribution in [-0.4, -0.2) is 50.0 Å². The third-order valence-electron chi connectivity index (χ3n) is 4.11. The number of hydrazone groups is 2. The van der Waals surface area contributed by atoms with Crippen molar-refractivity contribution in [3.63, 3.8) is 0 Å². The minimum absolute atomic E-state index is 0.0669. The number of hydrogen-bond donors (Lipinski definition) is 4. The molecular formula is C20H24N6O5S4. The quantitative estimate of drug-likeness (QED) is 0.189. The summed E-state index contributed by atoms with van der Waals surface area (Å²) in [6.07, 6.45) is 0. The molecule has 0 aliphatic rings. The molecule has 0 atom stereocenters. The van der Waals surface area contributed by atoms with Gasteiger partial charge in [-0.05, 0) is 86.8 Å². The first-order valence-corrected chi connectivity index (χ1v) is 13.9.